The van der Waals surface area contributed by atoms with Gasteiger partial charge in [-0.3, -0.25) is 19.3 Å². The molecule has 0 radical (unpaired) electrons. The van der Waals surface area contributed by atoms with Gasteiger partial charge in [-0.05, 0) is 17.7 Å². The Balaban J connectivity index is 1.73. The van der Waals surface area contributed by atoms with E-state index in [0.29, 0.717) is 26.7 Å². The Labute approximate surface area is 207 Å². The molecule has 0 saturated heterocycles. The van der Waals surface area contributed by atoms with Gasteiger partial charge in [0.1, 0.15) is 10.8 Å². The number of anilines is 1. The topological polar surface area (TPSA) is 54.5 Å². The fraction of sp³-hybridized carbons (Fsp3) is 0.0333. The smallest absolute Gasteiger partial charge is 0.273 e. The van der Waals surface area contributed by atoms with E-state index in [1.165, 1.54) is 15.8 Å². The fourth-order valence-corrected chi connectivity index (χ4v) is 5.31. The maximum Gasteiger partial charge on any atom is 0.273 e. The van der Waals surface area contributed by atoms with Crippen molar-refractivity contribution in [1.82, 2.24) is 0 Å². The summed E-state index contributed by atoms with van der Waals surface area (Å²) in [6, 6.07) is 36.0. The molecule has 4 aromatic rings. The number of benzene rings is 4. The summed E-state index contributed by atoms with van der Waals surface area (Å²) < 4.78 is 0. The predicted octanol–water partition coefficient (Wildman–Crippen LogP) is 5.50. The minimum atomic E-state index is -1.17. The lowest BCUT2D eigenvalue weighted by atomic mass is 9.89. The molecule has 0 aromatic heterocycles. The first-order chi connectivity index (χ1) is 17.1. The third-order valence-electron chi connectivity index (χ3n) is 5.76. The molecule has 0 bridgehead atoms. The minimum Gasteiger partial charge on any atom is -0.293 e. The summed E-state index contributed by atoms with van der Waals surface area (Å²) in [5.74, 6) is -2.11. The maximum absolute atomic E-state index is 13.9. The molecule has 4 aromatic carbocycles. The van der Waals surface area contributed by atoms with Crippen LogP contribution in [0.3, 0.4) is 0 Å². The normalized spacial score (nSPS) is 13.2. The Morgan fingerprint density at radius 3 is 1.51 bits per heavy atom. The lowest BCUT2D eigenvalue weighted by molar-refractivity contribution is -0.111. The van der Waals surface area contributed by atoms with Crippen LogP contribution in [0.15, 0.2) is 121 Å². The highest BCUT2D eigenvalue weighted by Gasteiger charge is 2.41. The van der Waals surface area contributed by atoms with E-state index in [4.69, 9.17) is 0 Å². The molecule has 1 aliphatic heterocycles. The second-order valence-electron chi connectivity index (χ2n) is 8.01. The van der Waals surface area contributed by atoms with Crippen molar-refractivity contribution in [3.05, 3.63) is 138 Å². The first-order valence-electron chi connectivity index (χ1n) is 11.2. The summed E-state index contributed by atoms with van der Waals surface area (Å²) in [6.07, 6.45) is 0. The number of amides is 1. The predicted molar refractivity (Wildman–Crippen MR) is 142 cm³/mol. The Morgan fingerprint density at radius 2 is 1.03 bits per heavy atom. The van der Waals surface area contributed by atoms with Gasteiger partial charge in [0.15, 0.2) is 11.6 Å². The van der Waals surface area contributed by atoms with Crippen molar-refractivity contribution in [1.29, 1.82) is 0 Å². The van der Waals surface area contributed by atoms with E-state index in [9.17, 15) is 14.4 Å². The van der Waals surface area contributed by atoms with Gasteiger partial charge in [0.2, 0.25) is 0 Å². The summed E-state index contributed by atoms with van der Waals surface area (Å²) >= 11 is 0. The molecule has 0 fully saturated rings. The molecule has 1 aliphatic rings. The van der Waals surface area contributed by atoms with Crippen LogP contribution >= 0.6 is 10.9 Å². The lowest BCUT2D eigenvalue weighted by Crippen LogP contribution is -2.44. The number of rotatable bonds is 7. The molecule has 1 amide bonds. The summed E-state index contributed by atoms with van der Waals surface area (Å²) in [5, 5.41) is 0. The van der Waals surface area contributed by atoms with Crippen molar-refractivity contribution < 1.29 is 14.4 Å². The van der Waals surface area contributed by atoms with Crippen molar-refractivity contribution in [2.45, 2.75) is 0 Å². The highest BCUT2D eigenvalue weighted by molar-refractivity contribution is 8.01. The van der Waals surface area contributed by atoms with Crippen LogP contribution in [0.2, 0.25) is 0 Å². The van der Waals surface area contributed by atoms with E-state index < -0.39 is 5.92 Å². The molecule has 35 heavy (non-hydrogen) atoms. The van der Waals surface area contributed by atoms with Gasteiger partial charge in [0.05, 0.1) is 4.99 Å². The molecule has 5 heteroatoms. The number of Topliss-reactive ketones (excluding diaryl/α,β-unsaturated/α-hetero) is 2. The molecule has 0 spiro atoms. The molecular weight excluding hydrogens is 454 g/mol. The molecule has 170 valence electrons. The van der Waals surface area contributed by atoms with Crippen LogP contribution in [0.5, 0.6) is 0 Å². The number of carbonyl (C=O) groups excluding carboxylic acids is 3. The van der Waals surface area contributed by atoms with E-state index in [1.807, 2.05) is 72.8 Å². The van der Waals surface area contributed by atoms with Crippen LogP contribution in [0, 0.1) is 5.92 Å². The van der Waals surface area contributed by atoms with Gasteiger partial charge in [-0.1, -0.05) is 109 Å². The number of ketones is 2. The van der Waals surface area contributed by atoms with Gasteiger partial charge < -0.3 is 0 Å². The van der Waals surface area contributed by atoms with Gasteiger partial charge >= 0.3 is 0 Å². The minimum absolute atomic E-state index is 0.255. The first kappa shape index (κ1) is 22.4. The number of carbonyl (C=O) groups is 3. The zero-order valence-electron chi connectivity index (χ0n) is 18.7. The third kappa shape index (κ3) is 4.42. The quantitative estimate of drug-likeness (QED) is 0.202. The first-order valence-corrected chi connectivity index (χ1v) is 12.0. The summed E-state index contributed by atoms with van der Waals surface area (Å²) in [5.41, 5.74) is 2.20. The van der Waals surface area contributed by atoms with Gasteiger partial charge in [0.25, 0.3) is 5.91 Å². The molecule has 0 aliphatic carbocycles. The van der Waals surface area contributed by atoms with Gasteiger partial charge in [0, 0.05) is 16.8 Å². The zero-order valence-corrected chi connectivity index (χ0v) is 19.5. The summed E-state index contributed by atoms with van der Waals surface area (Å²) in [7, 11) is 1.20. The van der Waals surface area contributed by atoms with E-state index in [-0.39, 0.29) is 17.5 Å². The van der Waals surface area contributed by atoms with Crippen LogP contribution in [0.4, 0.5) is 5.69 Å². The van der Waals surface area contributed by atoms with Gasteiger partial charge in [-0.2, -0.15) is 0 Å². The van der Waals surface area contributed by atoms with Crippen LogP contribution in [0.1, 0.15) is 26.3 Å². The van der Waals surface area contributed by atoms with E-state index in [2.05, 4.69) is 0 Å². The zero-order chi connectivity index (χ0) is 24.2. The molecule has 0 N–H and O–H groups in total. The molecule has 1 heterocycles. The molecule has 5 rings (SSSR count). The van der Waals surface area contributed by atoms with Gasteiger partial charge in [-0.15, -0.1) is 10.9 Å². The standard InChI is InChI=1S/C30H21NO3S/c32-26(21-13-5-1-6-14-21)25(27(33)22-15-7-2-8-16-22)30-31(24-19-11-4-12-20-24)29(34)28(35-30)23-17-9-3-10-18-23/h1-20,25H. The second-order valence-corrected chi connectivity index (χ2v) is 9.04. The second kappa shape index (κ2) is 9.87. The van der Waals surface area contributed by atoms with Gasteiger partial charge in [-0.25, -0.2) is 0 Å². The summed E-state index contributed by atoms with van der Waals surface area (Å²) in [6.45, 7) is 0. The van der Waals surface area contributed by atoms with Crippen LogP contribution in [-0.4, -0.2) is 27.3 Å². The largest absolute Gasteiger partial charge is 0.293 e. The number of hydrogen-bond acceptors (Lipinski definition) is 3. The van der Waals surface area contributed by atoms with Crippen molar-refractivity contribution in [3.63, 3.8) is 0 Å². The number of hydrogen-bond donors (Lipinski definition) is 0. The van der Waals surface area contributed by atoms with Crippen molar-refractivity contribution in [2.24, 2.45) is 5.92 Å². The number of para-hydroxylation sites is 1. The average Bonchev–Trinajstić information content (AvgIpc) is 3.27. The van der Waals surface area contributed by atoms with E-state index in [1.54, 1.807) is 48.5 Å². The maximum atomic E-state index is 13.9. The molecular formula is C30H21NO3S. The highest BCUT2D eigenvalue weighted by atomic mass is 32.1. The lowest BCUT2D eigenvalue weighted by Gasteiger charge is -2.25. The van der Waals surface area contributed by atoms with Crippen LogP contribution < -0.4 is 4.90 Å². The van der Waals surface area contributed by atoms with Crippen molar-refractivity contribution >= 4 is 44.0 Å². The van der Waals surface area contributed by atoms with Crippen LogP contribution in [-0.2, 0) is 4.79 Å². The Morgan fingerprint density at radius 1 is 0.600 bits per heavy atom. The summed E-state index contributed by atoms with van der Waals surface area (Å²) in [4.78, 5) is 43.9. The third-order valence-corrected chi connectivity index (χ3v) is 7.00. The monoisotopic (exact) mass is 475 g/mol. The molecule has 0 saturated carbocycles. The van der Waals surface area contributed by atoms with E-state index in [0.717, 1.165) is 5.56 Å². The Kier molecular flexibility index (Phi) is 6.33. The van der Waals surface area contributed by atoms with Crippen molar-refractivity contribution in [3.8, 4) is 0 Å². The SMILES string of the molecule is O=C(c1ccccc1)C(C(=O)c1ccccc1)C1=S=C(c2ccccc2)C(=O)N1c1ccccc1. The van der Waals surface area contributed by atoms with Crippen LogP contribution in [0.25, 0.3) is 0 Å². The van der Waals surface area contributed by atoms with E-state index >= 15 is 0 Å². The van der Waals surface area contributed by atoms with Crippen molar-refractivity contribution in [2.75, 3.05) is 4.90 Å². The Hall–Kier alpha value is -4.35. The fourth-order valence-electron chi connectivity index (χ4n) is 4.06. The molecule has 0 unspecified atom stereocenters. The average molecular weight is 476 g/mol. The Bertz CT molecular complexity index is 1410. The molecule has 0 atom stereocenters. The molecule has 4 nitrogen and oxygen atoms in total. The highest BCUT2D eigenvalue weighted by Crippen LogP contribution is 2.29. The number of nitrogens with zero attached hydrogens (tertiary/aromatic N) is 1.